The topological polar surface area (TPSA) is 24.9 Å². The summed E-state index contributed by atoms with van der Waals surface area (Å²) in [6.45, 7) is 1.93. The molecular formula is C15H16BrFN2. The highest BCUT2D eigenvalue weighted by atomic mass is 79.9. The van der Waals surface area contributed by atoms with E-state index in [4.69, 9.17) is 0 Å². The van der Waals surface area contributed by atoms with Crippen molar-refractivity contribution in [2.75, 3.05) is 7.05 Å². The molecule has 2 aromatic rings. The van der Waals surface area contributed by atoms with Crippen LogP contribution in [0.3, 0.4) is 0 Å². The molecular weight excluding hydrogens is 307 g/mol. The largest absolute Gasteiger partial charge is 0.311 e. The maximum absolute atomic E-state index is 13.1. The highest BCUT2D eigenvalue weighted by Gasteiger charge is 2.13. The van der Waals surface area contributed by atoms with Crippen LogP contribution in [-0.2, 0) is 6.42 Å². The Bertz CT molecular complexity index is 555. The molecule has 0 aliphatic heterocycles. The molecule has 100 valence electrons. The van der Waals surface area contributed by atoms with Gasteiger partial charge in [0.15, 0.2) is 0 Å². The summed E-state index contributed by atoms with van der Waals surface area (Å²) in [7, 11) is 1.91. The number of pyridine rings is 1. The van der Waals surface area contributed by atoms with E-state index in [1.165, 1.54) is 6.07 Å². The predicted octanol–water partition coefficient (Wildman–Crippen LogP) is 3.79. The number of nitrogens with one attached hydrogen (secondary N) is 1. The summed E-state index contributed by atoms with van der Waals surface area (Å²) < 4.78 is 14.1. The van der Waals surface area contributed by atoms with Crippen molar-refractivity contribution in [3.8, 4) is 0 Å². The second-order valence-electron chi connectivity index (χ2n) is 4.52. The Morgan fingerprint density at radius 2 is 2.11 bits per heavy atom. The second kappa shape index (κ2) is 6.26. The summed E-state index contributed by atoms with van der Waals surface area (Å²) in [5.41, 5.74) is 3.08. The molecule has 0 spiro atoms. The van der Waals surface area contributed by atoms with Crippen LogP contribution in [0.15, 0.2) is 41.0 Å². The van der Waals surface area contributed by atoms with E-state index in [0.29, 0.717) is 0 Å². The molecule has 1 unspecified atom stereocenters. The van der Waals surface area contributed by atoms with Gasteiger partial charge in [0.05, 0.1) is 11.7 Å². The first-order valence-electron chi connectivity index (χ1n) is 6.14. The molecule has 0 amide bonds. The minimum Gasteiger partial charge on any atom is -0.311 e. The van der Waals surface area contributed by atoms with Crippen LogP contribution in [0.2, 0.25) is 0 Å². The standard InChI is InChI=1S/C15H16BrFN2/c1-10-7-13(17)5-3-11(10)8-15(18-2)14-6-4-12(16)9-19-14/h3-7,9,15,18H,8H2,1-2H3. The van der Waals surface area contributed by atoms with Crippen LogP contribution >= 0.6 is 15.9 Å². The van der Waals surface area contributed by atoms with Crippen molar-refractivity contribution in [2.45, 2.75) is 19.4 Å². The SMILES string of the molecule is CNC(Cc1ccc(F)cc1C)c1ccc(Br)cn1. The van der Waals surface area contributed by atoms with Gasteiger partial charge in [0, 0.05) is 10.7 Å². The van der Waals surface area contributed by atoms with Crippen molar-refractivity contribution in [3.63, 3.8) is 0 Å². The Labute approximate surface area is 121 Å². The minimum atomic E-state index is -0.191. The molecule has 1 aromatic heterocycles. The van der Waals surface area contributed by atoms with E-state index in [9.17, 15) is 4.39 Å². The molecule has 0 saturated carbocycles. The Hall–Kier alpha value is -1.26. The second-order valence-corrected chi connectivity index (χ2v) is 5.43. The van der Waals surface area contributed by atoms with E-state index in [2.05, 4.69) is 26.2 Å². The zero-order valence-electron chi connectivity index (χ0n) is 11.0. The van der Waals surface area contributed by atoms with Gasteiger partial charge in [0.1, 0.15) is 5.82 Å². The number of rotatable bonds is 4. The molecule has 0 bridgehead atoms. The Morgan fingerprint density at radius 1 is 1.32 bits per heavy atom. The normalized spacial score (nSPS) is 12.4. The van der Waals surface area contributed by atoms with E-state index in [1.807, 2.05) is 32.2 Å². The summed E-state index contributed by atoms with van der Waals surface area (Å²) in [4.78, 5) is 4.41. The van der Waals surface area contributed by atoms with E-state index >= 15 is 0 Å². The lowest BCUT2D eigenvalue weighted by Crippen LogP contribution is -2.20. The number of hydrogen-bond donors (Lipinski definition) is 1. The first-order valence-corrected chi connectivity index (χ1v) is 6.93. The monoisotopic (exact) mass is 322 g/mol. The van der Waals surface area contributed by atoms with Gasteiger partial charge in [0.2, 0.25) is 0 Å². The summed E-state index contributed by atoms with van der Waals surface area (Å²) in [5, 5.41) is 3.26. The van der Waals surface area contributed by atoms with Gasteiger partial charge in [-0.25, -0.2) is 4.39 Å². The van der Waals surface area contributed by atoms with Gasteiger partial charge < -0.3 is 5.32 Å². The molecule has 19 heavy (non-hydrogen) atoms. The zero-order valence-corrected chi connectivity index (χ0v) is 12.5. The first-order chi connectivity index (χ1) is 9.10. The highest BCUT2D eigenvalue weighted by molar-refractivity contribution is 9.10. The quantitative estimate of drug-likeness (QED) is 0.926. The summed E-state index contributed by atoms with van der Waals surface area (Å²) >= 11 is 3.38. The maximum Gasteiger partial charge on any atom is 0.123 e. The van der Waals surface area contributed by atoms with Crippen molar-refractivity contribution in [3.05, 3.63) is 63.6 Å². The third-order valence-electron chi connectivity index (χ3n) is 3.18. The molecule has 0 aliphatic rings. The molecule has 0 aliphatic carbocycles. The van der Waals surface area contributed by atoms with E-state index in [1.54, 1.807) is 12.3 Å². The Balaban J connectivity index is 2.21. The predicted molar refractivity (Wildman–Crippen MR) is 78.6 cm³/mol. The molecule has 1 N–H and O–H groups in total. The fourth-order valence-corrected chi connectivity index (χ4v) is 2.29. The van der Waals surface area contributed by atoms with E-state index in [0.717, 1.165) is 27.7 Å². The summed E-state index contributed by atoms with van der Waals surface area (Å²) in [5.74, 6) is -0.191. The molecule has 0 saturated heterocycles. The highest BCUT2D eigenvalue weighted by Crippen LogP contribution is 2.20. The number of halogens is 2. The lowest BCUT2D eigenvalue weighted by atomic mass is 9.99. The minimum absolute atomic E-state index is 0.122. The molecule has 0 radical (unpaired) electrons. The zero-order chi connectivity index (χ0) is 13.8. The molecule has 1 aromatic carbocycles. The lowest BCUT2D eigenvalue weighted by Gasteiger charge is -2.17. The molecule has 1 atom stereocenters. The van der Waals surface area contributed by atoms with Gasteiger partial charge in [-0.2, -0.15) is 0 Å². The van der Waals surface area contributed by atoms with Gasteiger partial charge in [-0.1, -0.05) is 6.07 Å². The third-order valence-corrected chi connectivity index (χ3v) is 3.65. The van der Waals surface area contributed by atoms with Crippen molar-refractivity contribution < 1.29 is 4.39 Å². The smallest absolute Gasteiger partial charge is 0.123 e. The van der Waals surface area contributed by atoms with Crippen molar-refractivity contribution in [1.82, 2.24) is 10.3 Å². The summed E-state index contributed by atoms with van der Waals surface area (Å²) in [6, 6.07) is 9.00. The Morgan fingerprint density at radius 3 is 2.68 bits per heavy atom. The molecule has 0 fully saturated rings. The van der Waals surface area contributed by atoms with Crippen LogP contribution in [-0.4, -0.2) is 12.0 Å². The fourth-order valence-electron chi connectivity index (χ4n) is 2.06. The summed E-state index contributed by atoms with van der Waals surface area (Å²) in [6.07, 6.45) is 2.58. The third kappa shape index (κ3) is 3.61. The average molecular weight is 323 g/mol. The van der Waals surface area contributed by atoms with Crippen LogP contribution in [0.25, 0.3) is 0 Å². The number of benzene rings is 1. The van der Waals surface area contributed by atoms with Gasteiger partial charge in [-0.15, -0.1) is 0 Å². The number of likely N-dealkylation sites (N-methyl/N-ethyl adjacent to an activating group) is 1. The number of aryl methyl sites for hydroxylation is 1. The molecule has 2 nitrogen and oxygen atoms in total. The van der Waals surface area contributed by atoms with Crippen LogP contribution in [0.1, 0.15) is 22.9 Å². The first kappa shape index (κ1) is 14.2. The Kier molecular flexibility index (Phi) is 4.66. The molecule has 2 rings (SSSR count). The van der Waals surface area contributed by atoms with Crippen LogP contribution in [0, 0.1) is 12.7 Å². The lowest BCUT2D eigenvalue weighted by molar-refractivity contribution is 0.572. The van der Waals surface area contributed by atoms with Gasteiger partial charge in [-0.3, -0.25) is 4.98 Å². The van der Waals surface area contributed by atoms with E-state index in [-0.39, 0.29) is 11.9 Å². The van der Waals surface area contributed by atoms with Crippen molar-refractivity contribution in [1.29, 1.82) is 0 Å². The van der Waals surface area contributed by atoms with Crippen molar-refractivity contribution >= 4 is 15.9 Å². The van der Waals surface area contributed by atoms with Gasteiger partial charge in [-0.05, 0) is 71.7 Å². The number of nitrogens with zero attached hydrogens (tertiary/aromatic N) is 1. The number of hydrogen-bond acceptors (Lipinski definition) is 2. The maximum atomic E-state index is 13.1. The fraction of sp³-hybridized carbons (Fsp3) is 0.267. The molecule has 1 heterocycles. The van der Waals surface area contributed by atoms with Crippen LogP contribution in [0.5, 0.6) is 0 Å². The van der Waals surface area contributed by atoms with E-state index < -0.39 is 0 Å². The number of aromatic nitrogens is 1. The van der Waals surface area contributed by atoms with Gasteiger partial charge in [0.25, 0.3) is 0 Å². The van der Waals surface area contributed by atoms with Crippen LogP contribution < -0.4 is 5.32 Å². The van der Waals surface area contributed by atoms with Crippen LogP contribution in [0.4, 0.5) is 4.39 Å². The van der Waals surface area contributed by atoms with Gasteiger partial charge >= 0.3 is 0 Å². The molecule has 4 heteroatoms. The van der Waals surface area contributed by atoms with Crippen molar-refractivity contribution in [2.24, 2.45) is 0 Å². The average Bonchev–Trinajstić information content (AvgIpc) is 2.39.